The zero-order valence-electron chi connectivity index (χ0n) is 9.68. The summed E-state index contributed by atoms with van der Waals surface area (Å²) >= 11 is 0. The molecular weight excluding hydrogens is 225 g/mol. The summed E-state index contributed by atoms with van der Waals surface area (Å²) in [5.74, 6) is -0.808. The zero-order valence-corrected chi connectivity index (χ0v) is 9.68. The highest BCUT2D eigenvalue weighted by Gasteiger charge is 2.30. The van der Waals surface area contributed by atoms with Crippen molar-refractivity contribution in [2.24, 2.45) is 0 Å². The van der Waals surface area contributed by atoms with E-state index in [9.17, 15) is 9.18 Å². The Morgan fingerprint density at radius 3 is 3.00 bits per heavy atom. The number of aliphatic carboxylic acids is 1. The fourth-order valence-corrected chi connectivity index (χ4v) is 1.94. The molecule has 0 aromatic heterocycles. The summed E-state index contributed by atoms with van der Waals surface area (Å²) in [5, 5.41) is 9.04. The van der Waals surface area contributed by atoms with Crippen LogP contribution in [0.4, 0.5) is 10.1 Å². The molecule has 1 aliphatic heterocycles. The number of halogens is 1. The third kappa shape index (κ3) is 2.18. The van der Waals surface area contributed by atoms with Crippen molar-refractivity contribution < 1.29 is 19.0 Å². The number of hydrogen-bond acceptors (Lipinski definition) is 3. The van der Waals surface area contributed by atoms with Crippen LogP contribution in [0.1, 0.15) is 13.8 Å². The van der Waals surface area contributed by atoms with Gasteiger partial charge in [0.1, 0.15) is 23.7 Å². The van der Waals surface area contributed by atoms with E-state index in [1.807, 2.05) is 6.92 Å². The van der Waals surface area contributed by atoms with E-state index in [1.165, 1.54) is 18.2 Å². The Hall–Kier alpha value is -1.78. The Kier molecular flexibility index (Phi) is 2.92. The molecule has 0 saturated carbocycles. The summed E-state index contributed by atoms with van der Waals surface area (Å²) in [6.07, 6.45) is -0.116. The van der Waals surface area contributed by atoms with E-state index in [0.717, 1.165) is 0 Å². The predicted molar refractivity (Wildman–Crippen MR) is 60.9 cm³/mol. The maximum atomic E-state index is 13.2. The minimum Gasteiger partial charge on any atom is -0.487 e. The van der Waals surface area contributed by atoms with Gasteiger partial charge in [0.15, 0.2) is 0 Å². The van der Waals surface area contributed by atoms with E-state index < -0.39 is 17.8 Å². The number of ether oxygens (including phenoxy) is 1. The van der Waals surface area contributed by atoms with Gasteiger partial charge in [0.2, 0.25) is 0 Å². The van der Waals surface area contributed by atoms with Gasteiger partial charge in [-0.1, -0.05) is 0 Å². The second kappa shape index (κ2) is 4.24. The number of anilines is 1. The van der Waals surface area contributed by atoms with Gasteiger partial charge >= 0.3 is 5.97 Å². The van der Waals surface area contributed by atoms with Crippen molar-refractivity contribution in [1.29, 1.82) is 0 Å². The molecule has 0 aliphatic carbocycles. The summed E-state index contributed by atoms with van der Waals surface area (Å²) in [6.45, 7) is 3.87. The summed E-state index contributed by atoms with van der Waals surface area (Å²) in [4.78, 5) is 12.7. The van der Waals surface area contributed by atoms with Gasteiger partial charge in [-0.05, 0) is 26.0 Å². The molecule has 0 fully saturated rings. The van der Waals surface area contributed by atoms with E-state index in [2.05, 4.69) is 0 Å². The first-order valence-electron chi connectivity index (χ1n) is 5.44. The number of carboxylic acid groups (broad SMARTS) is 1. The lowest BCUT2D eigenvalue weighted by Gasteiger charge is -2.37. The van der Waals surface area contributed by atoms with Crippen molar-refractivity contribution in [1.82, 2.24) is 0 Å². The highest BCUT2D eigenvalue weighted by atomic mass is 19.1. The molecule has 2 rings (SSSR count). The van der Waals surface area contributed by atoms with Crippen molar-refractivity contribution in [3.63, 3.8) is 0 Å². The van der Waals surface area contributed by atoms with Crippen LogP contribution in [0.15, 0.2) is 18.2 Å². The van der Waals surface area contributed by atoms with Crippen LogP contribution < -0.4 is 9.64 Å². The van der Waals surface area contributed by atoms with Crippen LogP contribution >= 0.6 is 0 Å². The van der Waals surface area contributed by atoms with Crippen LogP contribution in [0.5, 0.6) is 5.75 Å². The molecule has 1 heterocycles. The molecule has 4 nitrogen and oxygen atoms in total. The SMILES string of the molecule is CC1CN(C(C)C(=O)O)c2cc(F)ccc2O1. The van der Waals surface area contributed by atoms with Crippen molar-refractivity contribution in [2.45, 2.75) is 26.0 Å². The molecule has 1 N–H and O–H groups in total. The van der Waals surface area contributed by atoms with Crippen molar-refractivity contribution in [3.8, 4) is 5.75 Å². The Labute approximate surface area is 98.6 Å². The van der Waals surface area contributed by atoms with Crippen LogP contribution in [-0.2, 0) is 4.79 Å². The number of fused-ring (bicyclic) bond motifs is 1. The monoisotopic (exact) mass is 239 g/mol. The zero-order chi connectivity index (χ0) is 12.6. The molecule has 0 saturated heterocycles. The van der Waals surface area contributed by atoms with Gasteiger partial charge in [-0.3, -0.25) is 0 Å². The first-order chi connectivity index (χ1) is 7.99. The quantitative estimate of drug-likeness (QED) is 0.856. The van der Waals surface area contributed by atoms with Crippen LogP contribution in [0.25, 0.3) is 0 Å². The number of nitrogens with zero attached hydrogens (tertiary/aromatic N) is 1. The number of carboxylic acids is 1. The minimum absolute atomic E-state index is 0.116. The molecule has 2 unspecified atom stereocenters. The summed E-state index contributed by atoms with van der Waals surface area (Å²) in [7, 11) is 0. The summed E-state index contributed by atoms with van der Waals surface area (Å²) < 4.78 is 18.7. The van der Waals surface area contributed by atoms with Gasteiger partial charge in [-0.2, -0.15) is 0 Å². The van der Waals surface area contributed by atoms with Crippen LogP contribution in [0.3, 0.4) is 0 Å². The Morgan fingerprint density at radius 2 is 2.35 bits per heavy atom. The van der Waals surface area contributed by atoms with Crippen molar-refractivity contribution >= 4 is 11.7 Å². The molecule has 92 valence electrons. The lowest BCUT2D eigenvalue weighted by Crippen LogP contribution is -2.47. The van der Waals surface area contributed by atoms with E-state index in [-0.39, 0.29) is 6.10 Å². The van der Waals surface area contributed by atoms with Gasteiger partial charge < -0.3 is 14.7 Å². The third-order valence-corrected chi connectivity index (χ3v) is 2.84. The summed E-state index contributed by atoms with van der Waals surface area (Å²) in [6, 6.07) is 3.44. The Morgan fingerprint density at radius 1 is 1.65 bits per heavy atom. The van der Waals surface area contributed by atoms with Gasteiger partial charge in [0.25, 0.3) is 0 Å². The third-order valence-electron chi connectivity index (χ3n) is 2.84. The second-order valence-electron chi connectivity index (χ2n) is 4.21. The fraction of sp³-hybridized carbons (Fsp3) is 0.417. The number of carbonyl (C=O) groups is 1. The van der Waals surface area contributed by atoms with E-state index in [1.54, 1.807) is 11.8 Å². The average Bonchev–Trinajstić information content (AvgIpc) is 2.27. The molecule has 0 bridgehead atoms. The minimum atomic E-state index is -0.936. The maximum absolute atomic E-state index is 13.2. The molecule has 17 heavy (non-hydrogen) atoms. The average molecular weight is 239 g/mol. The standard InChI is InChI=1S/C12H14FNO3/c1-7-6-14(8(2)12(15)16)10-5-9(13)3-4-11(10)17-7/h3-5,7-8H,6H2,1-2H3,(H,15,16). The van der Waals surface area contributed by atoms with Crippen molar-refractivity contribution in [2.75, 3.05) is 11.4 Å². The molecular formula is C12H14FNO3. The molecule has 1 aromatic rings. The first kappa shape index (κ1) is 11.7. The van der Waals surface area contributed by atoms with Gasteiger partial charge in [-0.15, -0.1) is 0 Å². The molecule has 1 aromatic carbocycles. The number of benzene rings is 1. The topological polar surface area (TPSA) is 49.8 Å². The van der Waals surface area contributed by atoms with Crippen molar-refractivity contribution in [3.05, 3.63) is 24.0 Å². The van der Waals surface area contributed by atoms with E-state index >= 15 is 0 Å². The van der Waals surface area contributed by atoms with Crippen LogP contribution in [0.2, 0.25) is 0 Å². The molecule has 2 atom stereocenters. The molecule has 5 heteroatoms. The Balaban J connectivity index is 2.42. The van der Waals surface area contributed by atoms with Crippen LogP contribution in [-0.4, -0.2) is 29.8 Å². The molecule has 0 amide bonds. The Bertz CT molecular complexity index is 449. The van der Waals surface area contributed by atoms with Gasteiger partial charge in [0.05, 0.1) is 12.2 Å². The van der Waals surface area contributed by atoms with Gasteiger partial charge in [-0.25, -0.2) is 9.18 Å². The lowest BCUT2D eigenvalue weighted by molar-refractivity contribution is -0.138. The number of hydrogen-bond donors (Lipinski definition) is 1. The van der Waals surface area contributed by atoms with Crippen LogP contribution in [0, 0.1) is 5.82 Å². The number of rotatable bonds is 2. The largest absolute Gasteiger partial charge is 0.487 e. The predicted octanol–water partition coefficient (Wildman–Crippen LogP) is 1.89. The van der Waals surface area contributed by atoms with E-state index in [0.29, 0.717) is 18.0 Å². The molecule has 0 radical (unpaired) electrons. The van der Waals surface area contributed by atoms with E-state index in [4.69, 9.17) is 9.84 Å². The first-order valence-corrected chi connectivity index (χ1v) is 5.44. The highest BCUT2D eigenvalue weighted by Crippen LogP contribution is 2.35. The smallest absolute Gasteiger partial charge is 0.326 e. The lowest BCUT2D eigenvalue weighted by atomic mass is 10.1. The maximum Gasteiger partial charge on any atom is 0.326 e. The molecule has 1 aliphatic rings. The summed E-state index contributed by atoms with van der Waals surface area (Å²) in [5.41, 5.74) is 0.498. The normalized spacial score (nSPS) is 20.4. The van der Waals surface area contributed by atoms with Gasteiger partial charge in [0, 0.05) is 6.07 Å². The fourth-order valence-electron chi connectivity index (χ4n) is 1.94. The molecule has 0 spiro atoms. The highest BCUT2D eigenvalue weighted by molar-refractivity contribution is 5.79. The second-order valence-corrected chi connectivity index (χ2v) is 4.21.